The molecule has 0 aliphatic heterocycles. The van der Waals surface area contributed by atoms with Crippen molar-refractivity contribution in [3.63, 3.8) is 0 Å². The van der Waals surface area contributed by atoms with Crippen molar-refractivity contribution >= 4 is 20.1 Å². The number of hydrogen-bond acceptors (Lipinski definition) is 0. The van der Waals surface area contributed by atoms with Gasteiger partial charge in [-0.3, -0.25) is 0 Å². The van der Waals surface area contributed by atoms with Crippen LogP contribution in [0.3, 0.4) is 0 Å². The molecule has 0 N–H and O–H groups in total. The van der Waals surface area contributed by atoms with Crippen molar-refractivity contribution in [1.29, 1.82) is 0 Å². The van der Waals surface area contributed by atoms with Gasteiger partial charge in [-0.2, -0.15) is 0 Å². The molecule has 2 atom stereocenters. The van der Waals surface area contributed by atoms with Gasteiger partial charge in [0.05, 0.1) is 0 Å². The summed E-state index contributed by atoms with van der Waals surface area (Å²) in [4.78, 5) is 0. The molecule has 4 aromatic carbocycles. The van der Waals surface area contributed by atoms with E-state index in [4.69, 9.17) is 0 Å². The summed E-state index contributed by atoms with van der Waals surface area (Å²) in [5.74, 6) is 0.343. The fourth-order valence-electron chi connectivity index (χ4n) is 6.61. The Morgan fingerprint density at radius 1 is 0.692 bits per heavy atom. The van der Waals surface area contributed by atoms with Crippen LogP contribution in [0.15, 0.2) is 90.5 Å². The maximum absolute atomic E-state index is 2.57. The third kappa shape index (κ3) is 5.36. The van der Waals surface area contributed by atoms with E-state index in [1.54, 1.807) is 46.6 Å². The van der Waals surface area contributed by atoms with E-state index in [1.807, 2.05) is 0 Å². The molecule has 2 aliphatic rings. The summed E-state index contributed by atoms with van der Waals surface area (Å²) < 4.78 is 0.512. The fourth-order valence-corrected chi connectivity index (χ4v) is 9.42. The molecule has 0 fully saturated rings. The maximum Gasteiger partial charge on any atom is -1.00 e. The molecule has 0 bridgehead atoms. The predicted molar refractivity (Wildman–Crippen MR) is 158 cm³/mol. The summed E-state index contributed by atoms with van der Waals surface area (Å²) in [6, 6.07) is 32.1. The van der Waals surface area contributed by atoms with Gasteiger partial charge >= 0.3 is 241 Å². The maximum atomic E-state index is 2.57. The Morgan fingerprint density at radius 3 is 2.03 bits per heavy atom. The molecule has 2 unspecified atom stereocenters. The van der Waals surface area contributed by atoms with E-state index in [1.165, 1.54) is 38.9 Å². The molecule has 4 heteroatoms. The van der Waals surface area contributed by atoms with Crippen LogP contribution in [0.2, 0.25) is 13.1 Å². The molecular weight excluding hydrogens is 611 g/mol. The number of halogens is 2. The molecular formula is C35H35Cl2SiZr. The van der Waals surface area contributed by atoms with Gasteiger partial charge in [0.1, 0.15) is 0 Å². The van der Waals surface area contributed by atoms with E-state index < -0.39 is 8.80 Å². The van der Waals surface area contributed by atoms with Gasteiger partial charge in [0.25, 0.3) is 0 Å². The smallest absolute Gasteiger partial charge is 1.00 e. The van der Waals surface area contributed by atoms with Crippen molar-refractivity contribution in [2.24, 2.45) is 5.41 Å². The van der Waals surface area contributed by atoms with Gasteiger partial charge in [-0.05, 0) is 0 Å². The Hall–Kier alpha value is -1.70. The van der Waals surface area contributed by atoms with Crippen LogP contribution in [-0.2, 0) is 24.7 Å². The normalized spacial score (nSPS) is 17.1. The fraction of sp³-hybridized carbons (Fsp3) is 0.257. The van der Waals surface area contributed by atoms with Gasteiger partial charge in [0.2, 0.25) is 0 Å². The molecule has 2 aliphatic carbocycles. The van der Waals surface area contributed by atoms with Gasteiger partial charge in [-0.1, -0.05) is 0 Å². The zero-order valence-corrected chi connectivity index (χ0v) is 28.5. The number of fused-ring (bicyclic) bond motifs is 4. The molecule has 197 valence electrons. The quantitative estimate of drug-likeness (QED) is 0.300. The van der Waals surface area contributed by atoms with Crippen LogP contribution >= 0.6 is 0 Å². The van der Waals surface area contributed by atoms with Gasteiger partial charge in [0.15, 0.2) is 0 Å². The molecule has 4 aromatic rings. The molecule has 0 heterocycles. The zero-order valence-electron chi connectivity index (χ0n) is 23.4. The minimum atomic E-state index is -1.07. The van der Waals surface area contributed by atoms with Crippen LogP contribution in [0.1, 0.15) is 64.6 Å². The van der Waals surface area contributed by atoms with Gasteiger partial charge < -0.3 is 24.8 Å². The molecule has 0 amide bonds. The molecule has 0 spiro atoms. The first-order valence-corrected chi connectivity index (χ1v) is 17.9. The second-order valence-corrected chi connectivity index (χ2v) is 16.6. The van der Waals surface area contributed by atoms with Gasteiger partial charge in [0, 0.05) is 0 Å². The first-order chi connectivity index (χ1) is 17.7. The van der Waals surface area contributed by atoms with E-state index in [0.717, 1.165) is 6.42 Å². The third-order valence-electron chi connectivity index (χ3n) is 8.05. The van der Waals surface area contributed by atoms with Crippen molar-refractivity contribution < 1.29 is 49.5 Å². The van der Waals surface area contributed by atoms with Crippen molar-refractivity contribution in [1.82, 2.24) is 0 Å². The second kappa shape index (κ2) is 11.7. The Morgan fingerprint density at radius 2 is 1.33 bits per heavy atom. The van der Waals surface area contributed by atoms with Crippen molar-refractivity contribution in [3.8, 4) is 22.3 Å². The number of hydrogen-bond donors (Lipinski definition) is 0. The Kier molecular flexibility index (Phi) is 9.04. The Balaban J connectivity index is 0.00000176. The van der Waals surface area contributed by atoms with E-state index in [0.29, 0.717) is 9.54 Å². The molecule has 0 saturated carbocycles. The van der Waals surface area contributed by atoms with E-state index in [-0.39, 0.29) is 30.2 Å². The summed E-state index contributed by atoms with van der Waals surface area (Å²) in [6.45, 7) is 12.2. The first-order valence-electron chi connectivity index (χ1n) is 13.6. The topological polar surface area (TPSA) is 0 Å². The molecule has 6 rings (SSSR count). The van der Waals surface area contributed by atoms with Crippen LogP contribution in [0.5, 0.6) is 0 Å². The second-order valence-electron chi connectivity index (χ2n) is 12.3. The molecule has 0 nitrogen and oxygen atoms in total. The van der Waals surface area contributed by atoms with Crippen LogP contribution in [0, 0.1) is 5.41 Å². The predicted octanol–water partition coefficient (Wildman–Crippen LogP) is 2.64. The SMILES string of the molecule is C[SiH](C)c1ccc2c(c1C1C(CC(C)(C)C)=Cc3c(-c4ccccc4)cccc31)[CH]([Zr+2])c1ccccc1-2.[Cl-].[Cl-]. The summed E-state index contributed by atoms with van der Waals surface area (Å²) in [5.41, 5.74) is 15.2. The summed E-state index contributed by atoms with van der Waals surface area (Å²) in [6.07, 6.45) is 3.68. The Labute approximate surface area is 263 Å². The van der Waals surface area contributed by atoms with Crippen molar-refractivity contribution in [2.45, 2.75) is 49.8 Å². The van der Waals surface area contributed by atoms with Gasteiger partial charge in [-0.25, -0.2) is 0 Å². The van der Waals surface area contributed by atoms with Crippen LogP contribution in [0.4, 0.5) is 0 Å². The summed E-state index contributed by atoms with van der Waals surface area (Å²) in [5, 5.41) is 1.65. The minimum Gasteiger partial charge on any atom is -1.00 e. The molecule has 0 saturated heterocycles. The third-order valence-corrected chi connectivity index (χ3v) is 11.3. The average Bonchev–Trinajstić information content (AvgIpc) is 3.37. The standard InChI is InChI=1S/C35H35Si.2ClH.Zr/c1-35(2,3)22-25-21-30-26(23-12-7-6-8-13-23)16-11-17-29(30)33(25)34-31-20-24-14-9-10-15-27(24)28(31)18-19-32(34)36(4)5;;;/h6-21,33,36H,22H2,1-5H3;2*1H;/q;;;+2/p-2. The van der Waals surface area contributed by atoms with Crippen LogP contribution in [0.25, 0.3) is 28.3 Å². The largest absolute Gasteiger partial charge is 1.00 e. The average molecular weight is 646 g/mol. The zero-order chi connectivity index (χ0) is 25.9. The molecule has 39 heavy (non-hydrogen) atoms. The van der Waals surface area contributed by atoms with Crippen molar-refractivity contribution in [3.05, 3.63) is 118 Å². The van der Waals surface area contributed by atoms with Crippen molar-refractivity contribution in [2.75, 3.05) is 0 Å². The van der Waals surface area contributed by atoms with E-state index >= 15 is 0 Å². The summed E-state index contributed by atoms with van der Waals surface area (Å²) in [7, 11) is -1.07. The van der Waals surface area contributed by atoms with E-state index in [2.05, 4.69) is 125 Å². The first kappa shape index (κ1) is 30.3. The minimum absolute atomic E-state index is 0. The van der Waals surface area contributed by atoms with Crippen LogP contribution in [-0.4, -0.2) is 8.80 Å². The number of allylic oxidation sites excluding steroid dienone is 1. The molecule has 0 aromatic heterocycles. The number of rotatable bonds is 4. The summed E-state index contributed by atoms with van der Waals surface area (Å²) >= 11 is 1.59. The van der Waals surface area contributed by atoms with Gasteiger partial charge in [-0.15, -0.1) is 0 Å². The van der Waals surface area contributed by atoms with Crippen LogP contribution < -0.4 is 30.0 Å². The molecule has 0 radical (unpaired) electrons. The number of benzene rings is 4. The van der Waals surface area contributed by atoms with E-state index in [9.17, 15) is 0 Å². The monoisotopic (exact) mass is 643 g/mol. The Bertz CT molecular complexity index is 1530.